The third-order valence-corrected chi connectivity index (χ3v) is 7.43. The number of rotatable bonds is 8. The van der Waals surface area contributed by atoms with Gasteiger partial charge in [0.15, 0.2) is 0 Å². The molecule has 0 bridgehead atoms. The van der Waals surface area contributed by atoms with Crippen LogP contribution in [0.4, 0.5) is 0 Å². The first-order chi connectivity index (χ1) is 13.8. The molecule has 0 saturated heterocycles. The van der Waals surface area contributed by atoms with E-state index in [9.17, 15) is 18.3 Å². The maximum atomic E-state index is 12.3. The van der Waals surface area contributed by atoms with Crippen LogP contribution in [0.2, 0.25) is 0 Å². The number of nitrogens with one attached hydrogen (secondary N) is 2. The molecule has 13 heteroatoms. The van der Waals surface area contributed by atoms with E-state index in [4.69, 9.17) is 5.21 Å². The Morgan fingerprint density at radius 1 is 1.24 bits per heavy atom. The topological polar surface area (TPSA) is 146 Å². The number of thiophene rings is 1. The van der Waals surface area contributed by atoms with E-state index in [2.05, 4.69) is 31.0 Å². The van der Waals surface area contributed by atoms with E-state index in [-0.39, 0.29) is 22.9 Å². The molecule has 4 N–H and O–H groups in total. The van der Waals surface area contributed by atoms with Crippen molar-refractivity contribution in [1.82, 2.24) is 25.2 Å². The van der Waals surface area contributed by atoms with Gasteiger partial charge in [-0.25, -0.2) is 23.3 Å². The number of hydrogen-bond acceptors (Lipinski definition) is 8. The first-order valence-corrected chi connectivity index (χ1v) is 11.3. The SMILES string of the molecule is O=C(NO)[C@H](Cc1ccc(O)cc1)n1cc(CNS(=O)(=O)c2ccc(Br)s2)nn1. The highest BCUT2D eigenvalue weighted by Crippen LogP contribution is 2.26. The Bertz CT molecular complexity index is 1100. The number of aromatic nitrogens is 3. The Balaban J connectivity index is 1.73. The summed E-state index contributed by atoms with van der Waals surface area (Å²) in [5.41, 5.74) is 2.61. The molecule has 0 fully saturated rings. The first kappa shape index (κ1) is 21.4. The minimum Gasteiger partial charge on any atom is -0.508 e. The average Bonchev–Trinajstić information content (AvgIpc) is 3.35. The van der Waals surface area contributed by atoms with Gasteiger partial charge < -0.3 is 5.11 Å². The fourth-order valence-electron chi connectivity index (χ4n) is 2.47. The Labute approximate surface area is 178 Å². The van der Waals surface area contributed by atoms with Crippen LogP contribution in [0.25, 0.3) is 0 Å². The zero-order valence-electron chi connectivity index (χ0n) is 14.7. The van der Waals surface area contributed by atoms with Crippen LogP contribution in [-0.2, 0) is 27.8 Å². The predicted octanol–water partition coefficient (Wildman–Crippen LogP) is 1.58. The van der Waals surface area contributed by atoms with E-state index in [0.717, 1.165) is 16.9 Å². The Hall–Kier alpha value is -2.32. The van der Waals surface area contributed by atoms with E-state index >= 15 is 0 Å². The molecule has 0 aliphatic carbocycles. The van der Waals surface area contributed by atoms with E-state index in [0.29, 0.717) is 9.48 Å². The van der Waals surface area contributed by atoms with Crippen LogP contribution in [0.1, 0.15) is 17.3 Å². The number of hydroxylamine groups is 1. The van der Waals surface area contributed by atoms with Crippen LogP contribution < -0.4 is 10.2 Å². The first-order valence-electron chi connectivity index (χ1n) is 8.16. The van der Waals surface area contributed by atoms with Crippen molar-refractivity contribution in [3.8, 4) is 5.75 Å². The number of carbonyl (C=O) groups is 1. The fourth-order valence-corrected chi connectivity index (χ4v) is 5.52. The molecule has 29 heavy (non-hydrogen) atoms. The number of phenolic OH excluding ortho intramolecular Hbond substituents is 1. The molecule has 0 aliphatic rings. The van der Waals surface area contributed by atoms with Gasteiger partial charge in [-0.05, 0) is 45.8 Å². The molecule has 3 aromatic rings. The summed E-state index contributed by atoms with van der Waals surface area (Å²) in [6.07, 6.45) is 1.59. The van der Waals surface area contributed by atoms with Gasteiger partial charge >= 0.3 is 0 Å². The highest BCUT2D eigenvalue weighted by Gasteiger charge is 2.23. The van der Waals surface area contributed by atoms with Crippen LogP contribution >= 0.6 is 27.3 Å². The summed E-state index contributed by atoms with van der Waals surface area (Å²) >= 11 is 4.30. The van der Waals surface area contributed by atoms with Crippen molar-refractivity contribution < 1.29 is 23.5 Å². The van der Waals surface area contributed by atoms with Crippen LogP contribution in [-0.4, -0.2) is 39.6 Å². The number of aromatic hydroxyl groups is 1. The Morgan fingerprint density at radius 2 is 1.97 bits per heavy atom. The van der Waals surface area contributed by atoms with Crippen molar-refractivity contribution in [2.45, 2.75) is 23.2 Å². The summed E-state index contributed by atoms with van der Waals surface area (Å²) in [6, 6.07) is 8.43. The number of amides is 1. The summed E-state index contributed by atoms with van der Waals surface area (Å²) in [5.74, 6) is -0.622. The number of nitrogens with zero attached hydrogens (tertiary/aromatic N) is 3. The van der Waals surface area contributed by atoms with Crippen molar-refractivity contribution in [1.29, 1.82) is 0 Å². The second-order valence-electron chi connectivity index (χ2n) is 5.94. The normalized spacial score (nSPS) is 12.6. The van der Waals surface area contributed by atoms with Crippen molar-refractivity contribution in [3.05, 3.63) is 57.6 Å². The van der Waals surface area contributed by atoms with Crippen molar-refractivity contribution in [3.63, 3.8) is 0 Å². The van der Waals surface area contributed by atoms with E-state index in [1.54, 1.807) is 23.7 Å². The fraction of sp³-hybridized carbons (Fsp3) is 0.188. The maximum absolute atomic E-state index is 12.3. The molecular weight excluding hydrogens is 486 g/mol. The summed E-state index contributed by atoms with van der Waals surface area (Å²) in [6.45, 7) is -0.121. The minimum absolute atomic E-state index is 0.0880. The zero-order chi connectivity index (χ0) is 21.0. The summed E-state index contributed by atoms with van der Waals surface area (Å²) in [5, 5.41) is 26.2. The number of benzene rings is 1. The molecule has 1 aromatic carbocycles. The monoisotopic (exact) mass is 501 g/mol. The predicted molar refractivity (Wildman–Crippen MR) is 107 cm³/mol. The second-order valence-corrected chi connectivity index (χ2v) is 10.4. The molecule has 1 atom stereocenters. The highest BCUT2D eigenvalue weighted by molar-refractivity contribution is 9.11. The molecule has 0 spiro atoms. The molecule has 2 aromatic heterocycles. The molecule has 1 amide bonds. The molecule has 3 rings (SSSR count). The quantitative estimate of drug-likeness (QED) is 0.270. The lowest BCUT2D eigenvalue weighted by molar-refractivity contribution is -0.133. The molecule has 2 heterocycles. The van der Waals surface area contributed by atoms with Gasteiger partial charge in [-0.3, -0.25) is 10.0 Å². The Morgan fingerprint density at radius 3 is 2.59 bits per heavy atom. The van der Waals surface area contributed by atoms with Crippen LogP contribution in [0.3, 0.4) is 0 Å². The molecule has 0 radical (unpaired) electrons. The van der Waals surface area contributed by atoms with Crippen molar-refractivity contribution >= 4 is 43.2 Å². The largest absolute Gasteiger partial charge is 0.508 e. The standard InChI is InChI=1S/C16H16BrN5O5S2/c17-14-5-6-15(28-14)29(26,27)18-8-11-9-22(21-19-11)13(16(24)20-25)7-10-1-3-12(23)4-2-10/h1-6,9,13,18,23,25H,7-8H2,(H,20,24)/t13-/m0/s1. The molecule has 10 nitrogen and oxygen atoms in total. The van der Waals surface area contributed by atoms with Gasteiger partial charge in [-0.1, -0.05) is 17.3 Å². The lowest BCUT2D eigenvalue weighted by Crippen LogP contribution is -2.32. The maximum Gasteiger partial charge on any atom is 0.268 e. The van der Waals surface area contributed by atoms with Crippen LogP contribution in [0, 0.1) is 0 Å². The van der Waals surface area contributed by atoms with Crippen LogP contribution in [0.5, 0.6) is 5.75 Å². The van der Waals surface area contributed by atoms with Gasteiger partial charge in [0, 0.05) is 6.42 Å². The van der Waals surface area contributed by atoms with Crippen LogP contribution in [0.15, 0.2) is 50.6 Å². The second kappa shape index (κ2) is 9.00. The van der Waals surface area contributed by atoms with Crippen molar-refractivity contribution in [2.75, 3.05) is 0 Å². The molecular formula is C16H16BrN5O5S2. The smallest absolute Gasteiger partial charge is 0.268 e. The van der Waals surface area contributed by atoms with E-state index < -0.39 is 22.0 Å². The third-order valence-electron chi connectivity index (χ3n) is 3.91. The number of halogens is 1. The lowest BCUT2D eigenvalue weighted by Gasteiger charge is -2.14. The Kier molecular flexibility index (Phi) is 6.64. The third kappa shape index (κ3) is 5.39. The van der Waals surface area contributed by atoms with E-state index in [1.165, 1.54) is 29.1 Å². The minimum atomic E-state index is -3.70. The van der Waals surface area contributed by atoms with Gasteiger partial charge in [-0.2, -0.15) is 0 Å². The summed E-state index contributed by atoms with van der Waals surface area (Å²) in [4.78, 5) is 12.1. The summed E-state index contributed by atoms with van der Waals surface area (Å²) in [7, 11) is -3.70. The highest BCUT2D eigenvalue weighted by atomic mass is 79.9. The number of sulfonamides is 1. The number of carbonyl (C=O) groups excluding carboxylic acids is 1. The molecule has 154 valence electrons. The number of phenols is 1. The average molecular weight is 502 g/mol. The molecule has 0 saturated carbocycles. The zero-order valence-corrected chi connectivity index (χ0v) is 17.9. The molecule has 0 unspecified atom stereocenters. The van der Waals surface area contributed by atoms with Gasteiger partial charge in [0.25, 0.3) is 5.91 Å². The number of hydrogen-bond donors (Lipinski definition) is 4. The van der Waals surface area contributed by atoms with Crippen molar-refractivity contribution in [2.24, 2.45) is 0 Å². The van der Waals surface area contributed by atoms with Gasteiger partial charge in [0.05, 0.1) is 22.2 Å². The van der Waals surface area contributed by atoms with Gasteiger partial charge in [-0.15, -0.1) is 16.4 Å². The lowest BCUT2D eigenvalue weighted by atomic mass is 10.1. The summed E-state index contributed by atoms with van der Waals surface area (Å²) < 4.78 is 29.1. The van der Waals surface area contributed by atoms with Gasteiger partial charge in [0.2, 0.25) is 10.0 Å². The van der Waals surface area contributed by atoms with Gasteiger partial charge in [0.1, 0.15) is 16.0 Å². The molecule has 0 aliphatic heterocycles. The van der Waals surface area contributed by atoms with E-state index in [1.807, 2.05) is 0 Å².